The third kappa shape index (κ3) is 3.98. The number of ether oxygens (including phenoxy) is 2. The van der Waals surface area contributed by atoms with Gasteiger partial charge in [-0.25, -0.2) is 9.97 Å². The van der Waals surface area contributed by atoms with E-state index in [1.807, 2.05) is 17.0 Å². The van der Waals surface area contributed by atoms with Crippen LogP contribution in [0, 0.1) is 0 Å². The van der Waals surface area contributed by atoms with Gasteiger partial charge in [0.25, 0.3) is 5.91 Å². The highest BCUT2D eigenvalue weighted by Crippen LogP contribution is 2.33. The Morgan fingerprint density at radius 2 is 1.62 bits per heavy atom. The molecule has 3 heterocycles. The Balaban J connectivity index is 1.46. The second kappa shape index (κ2) is 8.24. The molecule has 2 aliphatic heterocycles. The summed E-state index contributed by atoms with van der Waals surface area (Å²) in [6, 6.07) is 3.95. The molecule has 0 spiro atoms. The van der Waals surface area contributed by atoms with E-state index < -0.39 is 0 Å². The minimum atomic E-state index is -0.0946. The highest BCUT2D eigenvalue weighted by molar-refractivity contribution is 5.92. The van der Waals surface area contributed by atoms with Crippen LogP contribution in [0.2, 0.25) is 0 Å². The molecular formula is C21H27N5O3. The first-order valence-electron chi connectivity index (χ1n) is 9.87. The van der Waals surface area contributed by atoms with Crippen LogP contribution in [0.3, 0.4) is 0 Å². The van der Waals surface area contributed by atoms with E-state index in [1.54, 1.807) is 26.6 Å². The summed E-state index contributed by atoms with van der Waals surface area (Å²) in [6.45, 7) is 5.02. The Bertz CT molecular complexity index is 879. The molecule has 1 amide bonds. The van der Waals surface area contributed by atoms with E-state index >= 15 is 0 Å². The lowest BCUT2D eigenvalue weighted by atomic mass is 9.98. The minimum absolute atomic E-state index is 0.0946. The van der Waals surface area contributed by atoms with Crippen LogP contribution in [0.15, 0.2) is 24.5 Å². The number of likely N-dealkylation sites (N-methyl/N-ethyl adjacent to an activating group) is 1. The van der Waals surface area contributed by atoms with Gasteiger partial charge in [-0.05, 0) is 36.7 Å². The van der Waals surface area contributed by atoms with Crippen molar-refractivity contribution >= 4 is 11.7 Å². The summed E-state index contributed by atoms with van der Waals surface area (Å²) in [7, 11) is 5.37. The van der Waals surface area contributed by atoms with Gasteiger partial charge in [0.2, 0.25) is 0 Å². The number of amides is 1. The highest BCUT2D eigenvalue weighted by atomic mass is 16.5. The molecule has 2 aromatic rings. The molecule has 29 heavy (non-hydrogen) atoms. The monoisotopic (exact) mass is 397 g/mol. The van der Waals surface area contributed by atoms with Gasteiger partial charge in [0, 0.05) is 39.3 Å². The van der Waals surface area contributed by atoms with Gasteiger partial charge in [-0.1, -0.05) is 0 Å². The van der Waals surface area contributed by atoms with Crippen molar-refractivity contribution in [1.29, 1.82) is 0 Å². The fourth-order valence-electron chi connectivity index (χ4n) is 3.85. The molecule has 8 nitrogen and oxygen atoms in total. The zero-order valence-corrected chi connectivity index (χ0v) is 17.2. The number of methoxy groups -OCH3 is 2. The van der Waals surface area contributed by atoms with Crippen molar-refractivity contribution in [2.24, 2.45) is 0 Å². The molecule has 0 saturated carbocycles. The predicted octanol–water partition coefficient (Wildman–Crippen LogP) is 1.44. The molecule has 0 radical (unpaired) electrons. The molecule has 0 unspecified atom stereocenters. The van der Waals surface area contributed by atoms with Crippen molar-refractivity contribution in [2.45, 2.75) is 13.0 Å². The first-order valence-corrected chi connectivity index (χ1v) is 9.87. The topological polar surface area (TPSA) is 71.0 Å². The number of rotatable bonds is 4. The first kappa shape index (κ1) is 19.4. The molecule has 1 aromatic carbocycles. The maximum absolute atomic E-state index is 13.0. The zero-order valence-electron chi connectivity index (χ0n) is 17.2. The Hall–Kier alpha value is -2.87. The number of fused-ring (bicyclic) bond motifs is 1. The van der Waals surface area contributed by atoms with Crippen molar-refractivity contribution in [3.05, 3.63) is 41.3 Å². The Morgan fingerprint density at radius 3 is 2.24 bits per heavy atom. The Labute approximate surface area is 171 Å². The second-order valence-corrected chi connectivity index (χ2v) is 7.50. The number of anilines is 1. The molecule has 1 fully saturated rings. The third-order valence-electron chi connectivity index (χ3n) is 5.69. The number of nitrogens with zero attached hydrogens (tertiary/aromatic N) is 5. The molecule has 0 atom stereocenters. The van der Waals surface area contributed by atoms with Gasteiger partial charge < -0.3 is 24.2 Å². The summed E-state index contributed by atoms with van der Waals surface area (Å²) < 4.78 is 10.8. The quantitative estimate of drug-likeness (QED) is 0.773. The molecule has 0 bridgehead atoms. The van der Waals surface area contributed by atoms with Crippen LogP contribution in [0.4, 0.5) is 5.82 Å². The predicted molar refractivity (Wildman–Crippen MR) is 110 cm³/mol. The summed E-state index contributed by atoms with van der Waals surface area (Å²) in [6.07, 6.45) is 4.08. The summed E-state index contributed by atoms with van der Waals surface area (Å²) in [5, 5.41) is 0. The van der Waals surface area contributed by atoms with Crippen LogP contribution in [0.25, 0.3) is 0 Å². The lowest BCUT2D eigenvalue weighted by molar-refractivity contribution is 0.0728. The number of carbonyl (C=O) groups is 1. The molecule has 8 heteroatoms. The van der Waals surface area contributed by atoms with Crippen LogP contribution in [-0.2, 0) is 13.0 Å². The van der Waals surface area contributed by atoms with E-state index in [-0.39, 0.29) is 5.91 Å². The van der Waals surface area contributed by atoms with Gasteiger partial charge in [-0.15, -0.1) is 0 Å². The summed E-state index contributed by atoms with van der Waals surface area (Å²) in [5.41, 5.74) is 2.64. The largest absolute Gasteiger partial charge is 0.493 e. The average Bonchev–Trinajstić information content (AvgIpc) is 2.78. The van der Waals surface area contributed by atoms with Crippen LogP contribution in [-0.4, -0.2) is 79.7 Å². The normalized spacial score (nSPS) is 17.1. The minimum Gasteiger partial charge on any atom is -0.493 e. The summed E-state index contributed by atoms with van der Waals surface area (Å²) >= 11 is 0. The molecule has 0 aliphatic carbocycles. The second-order valence-electron chi connectivity index (χ2n) is 7.50. The molecule has 4 rings (SSSR count). The van der Waals surface area contributed by atoms with Gasteiger partial charge in [0.1, 0.15) is 11.5 Å². The van der Waals surface area contributed by atoms with E-state index in [2.05, 4.69) is 26.8 Å². The van der Waals surface area contributed by atoms with Crippen LogP contribution in [0.1, 0.15) is 21.6 Å². The van der Waals surface area contributed by atoms with Crippen molar-refractivity contribution < 1.29 is 14.3 Å². The first-order chi connectivity index (χ1) is 14.1. The number of piperazine rings is 1. The average molecular weight is 397 g/mol. The molecule has 154 valence electrons. The smallest absolute Gasteiger partial charge is 0.274 e. The van der Waals surface area contributed by atoms with Crippen LogP contribution in [0.5, 0.6) is 11.5 Å². The van der Waals surface area contributed by atoms with Crippen molar-refractivity contribution in [3.63, 3.8) is 0 Å². The highest BCUT2D eigenvalue weighted by Gasteiger charge is 2.25. The van der Waals surface area contributed by atoms with Gasteiger partial charge in [-0.3, -0.25) is 4.79 Å². The Morgan fingerprint density at radius 1 is 0.931 bits per heavy atom. The SMILES string of the molecule is COc1cc2c(cc1OC)CN(C(=O)c1cnc(N3CCN(C)CC3)cn1)CC2. The number of carbonyl (C=O) groups excluding carboxylic acids is 1. The standard InChI is InChI=1S/C21H27N5O3/c1-24-6-8-25(9-7-24)20-13-22-17(12-23-20)21(27)26-5-4-15-10-18(28-2)19(29-3)11-16(15)14-26/h10-13H,4-9,14H2,1-3H3. The lowest BCUT2D eigenvalue weighted by Gasteiger charge is -2.33. The lowest BCUT2D eigenvalue weighted by Crippen LogP contribution is -2.45. The molecular weight excluding hydrogens is 370 g/mol. The van der Waals surface area contributed by atoms with Crippen LogP contribution < -0.4 is 14.4 Å². The summed E-state index contributed by atoms with van der Waals surface area (Å²) in [4.78, 5) is 28.2. The number of aromatic nitrogens is 2. The fraction of sp³-hybridized carbons (Fsp3) is 0.476. The van der Waals surface area contributed by atoms with E-state index in [0.717, 1.165) is 49.7 Å². The van der Waals surface area contributed by atoms with Crippen LogP contribution >= 0.6 is 0 Å². The molecule has 0 N–H and O–H groups in total. The van der Waals surface area contributed by atoms with Gasteiger partial charge in [0.15, 0.2) is 11.5 Å². The fourth-order valence-corrected chi connectivity index (χ4v) is 3.85. The molecule has 2 aliphatic rings. The number of benzene rings is 1. The zero-order chi connectivity index (χ0) is 20.4. The molecule has 1 saturated heterocycles. The number of hydrogen-bond acceptors (Lipinski definition) is 7. The maximum atomic E-state index is 13.0. The van der Waals surface area contributed by atoms with Crippen molar-refractivity contribution in [3.8, 4) is 11.5 Å². The van der Waals surface area contributed by atoms with E-state index in [0.29, 0.717) is 24.5 Å². The third-order valence-corrected chi connectivity index (χ3v) is 5.69. The van der Waals surface area contributed by atoms with E-state index in [4.69, 9.17) is 9.47 Å². The van der Waals surface area contributed by atoms with Gasteiger partial charge in [-0.2, -0.15) is 0 Å². The summed E-state index contributed by atoms with van der Waals surface area (Å²) in [5.74, 6) is 2.13. The van der Waals surface area contributed by atoms with Crippen molar-refractivity contribution in [1.82, 2.24) is 19.8 Å². The van der Waals surface area contributed by atoms with E-state index in [9.17, 15) is 4.79 Å². The van der Waals surface area contributed by atoms with Crippen molar-refractivity contribution in [2.75, 3.05) is 58.9 Å². The van der Waals surface area contributed by atoms with E-state index in [1.165, 1.54) is 5.56 Å². The molecule has 1 aromatic heterocycles. The maximum Gasteiger partial charge on any atom is 0.274 e. The Kier molecular flexibility index (Phi) is 5.53. The van der Waals surface area contributed by atoms with Gasteiger partial charge >= 0.3 is 0 Å². The number of hydrogen-bond donors (Lipinski definition) is 0. The van der Waals surface area contributed by atoms with Gasteiger partial charge in [0.05, 0.1) is 26.6 Å².